The predicted octanol–water partition coefficient (Wildman–Crippen LogP) is -0.515. The number of hydrogen-bond acceptors (Lipinski definition) is 3. The average molecular weight is 143 g/mol. The van der Waals surface area contributed by atoms with E-state index in [4.69, 9.17) is 10.5 Å². The molecule has 1 aliphatic heterocycles. The second-order valence-electron chi connectivity index (χ2n) is 3.46. The van der Waals surface area contributed by atoms with Crippen LogP contribution in [0.3, 0.4) is 0 Å². The predicted molar refractivity (Wildman–Crippen MR) is 36.5 cm³/mol. The fourth-order valence-corrected chi connectivity index (χ4v) is 1.40. The van der Waals surface area contributed by atoms with Crippen LogP contribution in [-0.2, 0) is 4.74 Å². The van der Waals surface area contributed by atoms with Gasteiger partial charge in [-0.2, -0.15) is 0 Å². The van der Waals surface area contributed by atoms with Crippen molar-refractivity contribution in [2.75, 3.05) is 13.2 Å². The highest BCUT2D eigenvalue weighted by molar-refractivity contribution is 5.02. The van der Waals surface area contributed by atoms with E-state index in [0.29, 0.717) is 19.1 Å². The van der Waals surface area contributed by atoms with Crippen LogP contribution in [0.4, 0.5) is 0 Å². The third-order valence-electron chi connectivity index (χ3n) is 2.45. The molecule has 2 rings (SSSR count). The van der Waals surface area contributed by atoms with Crippen molar-refractivity contribution in [3.05, 3.63) is 0 Å². The molecule has 1 saturated heterocycles. The second kappa shape index (κ2) is 1.94. The average Bonchev–Trinajstić information content (AvgIpc) is 2.62. The van der Waals surface area contributed by atoms with Gasteiger partial charge in [0.25, 0.3) is 0 Å². The van der Waals surface area contributed by atoms with Gasteiger partial charge in [0.2, 0.25) is 0 Å². The first kappa shape index (κ1) is 6.58. The van der Waals surface area contributed by atoms with E-state index in [1.807, 2.05) is 0 Å². The van der Waals surface area contributed by atoms with Gasteiger partial charge >= 0.3 is 0 Å². The normalized spacial score (nSPS) is 33.0. The standard InChI is InChI=1S/C7H13NO2/c8-6(5-1-2-5)7(9)3-10-4-7/h5-6,9H,1-4,8H2/t6-/m1/s1. The van der Waals surface area contributed by atoms with Crippen molar-refractivity contribution in [3.63, 3.8) is 0 Å². The molecular weight excluding hydrogens is 130 g/mol. The molecule has 2 fully saturated rings. The number of rotatable bonds is 2. The van der Waals surface area contributed by atoms with Crippen LogP contribution in [0.15, 0.2) is 0 Å². The van der Waals surface area contributed by atoms with Crippen molar-refractivity contribution in [1.82, 2.24) is 0 Å². The minimum absolute atomic E-state index is 0.0405. The lowest BCUT2D eigenvalue weighted by Crippen LogP contribution is -2.62. The summed E-state index contributed by atoms with van der Waals surface area (Å²) in [7, 11) is 0. The molecule has 2 aliphatic rings. The molecule has 1 atom stereocenters. The van der Waals surface area contributed by atoms with E-state index in [2.05, 4.69) is 0 Å². The van der Waals surface area contributed by atoms with Crippen LogP contribution in [0.5, 0.6) is 0 Å². The quantitative estimate of drug-likeness (QED) is 0.547. The molecule has 3 N–H and O–H groups in total. The van der Waals surface area contributed by atoms with Crippen molar-refractivity contribution >= 4 is 0 Å². The zero-order chi connectivity index (χ0) is 7.19. The van der Waals surface area contributed by atoms with Crippen molar-refractivity contribution < 1.29 is 9.84 Å². The summed E-state index contributed by atoms with van der Waals surface area (Å²) in [5.74, 6) is 0.564. The van der Waals surface area contributed by atoms with E-state index in [9.17, 15) is 5.11 Å². The number of ether oxygens (including phenoxy) is 1. The van der Waals surface area contributed by atoms with Gasteiger partial charge < -0.3 is 15.6 Å². The van der Waals surface area contributed by atoms with Crippen LogP contribution >= 0.6 is 0 Å². The summed E-state index contributed by atoms with van der Waals surface area (Å²) in [4.78, 5) is 0. The van der Waals surface area contributed by atoms with Crippen LogP contribution in [0.25, 0.3) is 0 Å². The lowest BCUT2D eigenvalue weighted by Gasteiger charge is -2.41. The Labute approximate surface area is 60.2 Å². The third-order valence-corrected chi connectivity index (χ3v) is 2.45. The van der Waals surface area contributed by atoms with Gasteiger partial charge in [-0.15, -0.1) is 0 Å². The van der Waals surface area contributed by atoms with Gasteiger partial charge in [0, 0.05) is 6.04 Å². The minimum Gasteiger partial charge on any atom is -0.383 e. The molecule has 1 aliphatic carbocycles. The van der Waals surface area contributed by atoms with Gasteiger partial charge in [-0.25, -0.2) is 0 Å². The Balaban J connectivity index is 1.95. The fraction of sp³-hybridized carbons (Fsp3) is 1.00. The summed E-state index contributed by atoms with van der Waals surface area (Å²) < 4.78 is 4.91. The molecule has 58 valence electrons. The molecule has 3 nitrogen and oxygen atoms in total. The molecule has 0 aromatic carbocycles. The number of hydrogen-bond donors (Lipinski definition) is 2. The van der Waals surface area contributed by atoms with Gasteiger partial charge in [-0.1, -0.05) is 0 Å². The van der Waals surface area contributed by atoms with Crippen molar-refractivity contribution in [2.24, 2.45) is 11.7 Å². The molecule has 10 heavy (non-hydrogen) atoms. The molecule has 0 unspecified atom stereocenters. The third kappa shape index (κ3) is 0.856. The van der Waals surface area contributed by atoms with Crippen LogP contribution in [0.2, 0.25) is 0 Å². The lowest BCUT2D eigenvalue weighted by molar-refractivity contribution is -0.192. The first-order valence-corrected chi connectivity index (χ1v) is 3.78. The molecular formula is C7H13NO2. The van der Waals surface area contributed by atoms with Gasteiger partial charge in [0.05, 0.1) is 13.2 Å². The Kier molecular flexibility index (Phi) is 1.27. The summed E-state index contributed by atoms with van der Waals surface area (Å²) in [6.07, 6.45) is 2.37. The molecule has 0 radical (unpaired) electrons. The monoisotopic (exact) mass is 143 g/mol. The highest BCUT2D eigenvalue weighted by Gasteiger charge is 2.48. The van der Waals surface area contributed by atoms with Crippen LogP contribution in [-0.4, -0.2) is 30.0 Å². The molecule has 0 spiro atoms. The van der Waals surface area contributed by atoms with Crippen LogP contribution in [0, 0.1) is 5.92 Å². The molecule has 0 aromatic heterocycles. The topological polar surface area (TPSA) is 55.5 Å². The molecule has 1 heterocycles. The maximum Gasteiger partial charge on any atom is 0.126 e. The highest BCUT2D eigenvalue weighted by Crippen LogP contribution is 2.38. The van der Waals surface area contributed by atoms with E-state index in [1.54, 1.807) is 0 Å². The first-order valence-electron chi connectivity index (χ1n) is 3.78. The van der Waals surface area contributed by atoms with E-state index in [1.165, 1.54) is 12.8 Å². The smallest absolute Gasteiger partial charge is 0.126 e. The zero-order valence-electron chi connectivity index (χ0n) is 5.92. The van der Waals surface area contributed by atoms with E-state index < -0.39 is 5.60 Å². The number of nitrogens with two attached hydrogens (primary N) is 1. The van der Waals surface area contributed by atoms with Crippen molar-refractivity contribution in [3.8, 4) is 0 Å². The van der Waals surface area contributed by atoms with Gasteiger partial charge in [0.1, 0.15) is 5.60 Å². The molecule has 0 bridgehead atoms. The van der Waals surface area contributed by atoms with Gasteiger partial charge in [-0.3, -0.25) is 0 Å². The Bertz CT molecular complexity index is 141. The summed E-state index contributed by atoms with van der Waals surface area (Å²) in [6.45, 7) is 0.870. The van der Waals surface area contributed by atoms with Crippen LogP contribution < -0.4 is 5.73 Å². The zero-order valence-corrected chi connectivity index (χ0v) is 5.92. The lowest BCUT2D eigenvalue weighted by atomic mass is 9.90. The fourth-order valence-electron chi connectivity index (χ4n) is 1.40. The summed E-state index contributed by atoms with van der Waals surface area (Å²) in [5, 5.41) is 9.64. The Hall–Kier alpha value is -0.120. The van der Waals surface area contributed by atoms with E-state index in [-0.39, 0.29) is 6.04 Å². The van der Waals surface area contributed by atoms with Crippen LogP contribution in [0.1, 0.15) is 12.8 Å². The largest absolute Gasteiger partial charge is 0.383 e. The molecule has 0 amide bonds. The Morgan fingerprint density at radius 1 is 1.50 bits per heavy atom. The molecule has 1 saturated carbocycles. The minimum atomic E-state index is -0.679. The highest BCUT2D eigenvalue weighted by atomic mass is 16.5. The van der Waals surface area contributed by atoms with Crippen molar-refractivity contribution in [1.29, 1.82) is 0 Å². The summed E-state index contributed by atoms with van der Waals surface area (Å²) in [5.41, 5.74) is 5.11. The Morgan fingerprint density at radius 2 is 2.10 bits per heavy atom. The SMILES string of the molecule is N[C@H](C1CC1)C1(O)COC1. The second-order valence-corrected chi connectivity index (χ2v) is 3.46. The van der Waals surface area contributed by atoms with Gasteiger partial charge in [0.15, 0.2) is 0 Å². The van der Waals surface area contributed by atoms with Crippen molar-refractivity contribution in [2.45, 2.75) is 24.5 Å². The first-order chi connectivity index (χ1) is 4.72. The maximum absolute atomic E-state index is 9.64. The maximum atomic E-state index is 9.64. The molecule has 3 heteroatoms. The summed E-state index contributed by atoms with van der Waals surface area (Å²) in [6, 6.07) is -0.0405. The summed E-state index contributed by atoms with van der Waals surface area (Å²) >= 11 is 0. The van der Waals surface area contributed by atoms with E-state index in [0.717, 1.165) is 0 Å². The molecule has 0 aromatic rings. The van der Waals surface area contributed by atoms with Gasteiger partial charge in [-0.05, 0) is 18.8 Å². The number of aliphatic hydroxyl groups is 1. The Morgan fingerprint density at radius 3 is 2.40 bits per heavy atom. The van der Waals surface area contributed by atoms with E-state index >= 15 is 0 Å².